The quantitative estimate of drug-likeness (QED) is 0.938. The van der Waals surface area contributed by atoms with Crippen molar-refractivity contribution >= 4 is 29.2 Å². The number of aliphatic carboxylic acids is 1. The molecule has 0 bridgehead atoms. The number of rotatable bonds is 4. The average molecular weight is 309 g/mol. The van der Waals surface area contributed by atoms with Gasteiger partial charge in [0, 0.05) is 17.6 Å². The summed E-state index contributed by atoms with van der Waals surface area (Å²) in [6.45, 7) is 2.76. The Hall–Kier alpha value is -2.34. The molecule has 6 nitrogen and oxygen atoms in total. The lowest BCUT2D eigenvalue weighted by atomic mass is 10.2. The van der Waals surface area contributed by atoms with Gasteiger partial charge in [0.15, 0.2) is 5.89 Å². The van der Waals surface area contributed by atoms with Gasteiger partial charge in [-0.3, -0.25) is 14.5 Å². The van der Waals surface area contributed by atoms with Crippen molar-refractivity contribution < 1.29 is 19.1 Å². The fourth-order valence-electron chi connectivity index (χ4n) is 1.89. The molecule has 7 heteroatoms. The number of anilines is 1. The number of oxazole rings is 1. The molecule has 2 aromatic rings. The molecule has 2 rings (SSSR count). The van der Waals surface area contributed by atoms with Crippen LogP contribution in [0.1, 0.15) is 22.1 Å². The van der Waals surface area contributed by atoms with E-state index in [1.54, 1.807) is 38.1 Å². The molecular formula is C14H13ClN2O4. The number of hydrogen-bond donors (Lipinski definition) is 1. The molecule has 0 aliphatic carbocycles. The van der Waals surface area contributed by atoms with Gasteiger partial charge in [0.1, 0.15) is 6.54 Å². The van der Waals surface area contributed by atoms with Gasteiger partial charge in [0.25, 0.3) is 5.91 Å². The smallest absolute Gasteiger partial charge is 0.323 e. The van der Waals surface area contributed by atoms with E-state index in [1.165, 1.54) is 0 Å². The second-order valence-corrected chi connectivity index (χ2v) is 4.85. The highest BCUT2D eigenvalue weighted by Crippen LogP contribution is 2.21. The summed E-state index contributed by atoms with van der Waals surface area (Å²) in [7, 11) is 0. The summed E-state index contributed by atoms with van der Waals surface area (Å²) in [5, 5.41) is 9.50. The lowest BCUT2D eigenvalue weighted by Gasteiger charge is -2.19. The van der Waals surface area contributed by atoms with Gasteiger partial charge in [-0.1, -0.05) is 11.6 Å². The van der Waals surface area contributed by atoms with E-state index in [0.717, 1.165) is 4.90 Å². The third-order valence-electron chi connectivity index (χ3n) is 2.77. The van der Waals surface area contributed by atoms with Crippen LogP contribution < -0.4 is 4.90 Å². The normalized spacial score (nSPS) is 10.4. The van der Waals surface area contributed by atoms with Gasteiger partial charge in [-0.15, -0.1) is 0 Å². The summed E-state index contributed by atoms with van der Waals surface area (Å²) in [6, 6.07) is 6.30. The van der Waals surface area contributed by atoms with Crippen molar-refractivity contribution in [3.63, 3.8) is 0 Å². The van der Waals surface area contributed by atoms with Gasteiger partial charge < -0.3 is 9.52 Å². The molecule has 1 N–H and O–H groups in total. The van der Waals surface area contributed by atoms with Crippen molar-refractivity contribution in [1.82, 2.24) is 4.98 Å². The first-order chi connectivity index (χ1) is 9.88. The van der Waals surface area contributed by atoms with Gasteiger partial charge in [-0.05, 0) is 31.2 Å². The number of benzene rings is 1. The molecule has 0 aliphatic rings. The highest BCUT2D eigenvalue weighted by molar-refractivity contribution is 6.30. The fourth-order valence-corrected chi connectivity index (χ4v) is 2.01. The molecule has 0 saturated heterocycles. The van der Waals surface area contributed by atoms with Crippen LogP contribution in [-0.4, -0.2) is 28.5 Å². The Balaban J connectivity index is 2.40. The monoisotopic (exact) mass is 308 g/mol. The van der Waals surface area contributed by atoms with Gasteiger partial charge in [0.05, 0.1) is 5.69 Å². The maximum Gasteiger partial charge on any atom is 0.323 e. The number of carboxylic acids is 1. The van der Waals surface area contributed by atoms with Crippen LogP contribution in [0.4, 0.5) is 5.69 Å². The van der Waals surface area contributed by atoms with E-state index in [-0.39, 0.29) is 5.76 Å². The predicted octanol–water partition coefficient (Wildman–Crippen LogP) is 2.68. The Kier molecular flexibility index (Phi) is 4.28. The van der Waals surface area contributed by atoms with Crippen LogP contribution >= 0.6 is 11.6 Å². The second kappa shape index (κ2) is 5.97. The van der Waals surface area contributed by atoms with E-state index in [4.69, 9.17) is 21.1 Å². The number of aromatic nitrogens is 1. The molecule has 0 radical (unpaired) electrons. The molecule has 0 aliphatic heterocycles. The molecule has 1 amide bonds. The first-order valence-corrected chi connectivity index (χ1v) is 6.49. The number of halogens is 1. The first-order valence-electron chi connectivity index (χ1n) is 6.11. The summed E-state index contributed by atoms with van der Waals surface area (Å²) in [5.41, 5.74) is 0.835. The summed E-state index contributed by atoms with van der Waals surface area (Å²) in [5.74, 6) is -1.31. The Morgan fingerprint density at radius 2 is 1.90 bits per heavy atom. The summed E-state index contributed by atoms with van der Waals surface area (Å²) < 4.78 is 5.26. The van der Waals surface area contributed by atoms with Gasteiger partial charge in [-0.2, -0.15) is 0 Å². The minimum absolute atomic E-state index is 0.0312. The summed E-state index contributed by atoms with van der Waals surface area (Å²) in [6.07, 6.45) is 0. The lowest BCUT2D eigenvalue weighted by Crippen LogP contribution is -2.35. The van der Waals surface area contributed by atoms with Crippen LogP contribution in [-0.2, 0) is 4.79 Å². The zero-order valence-electron chi connectivity index (χ0n) is 11.5. The van der Waals surface area contributed by atoms with Gasteiger partial charge in [-0.25, -0.2) is 4.98 Å². The molecule has 0 atom stereocenters. The minimum atomic E-state index is -1.13. The third-order valence-corrected chi connectivity index (χ3v) is 3.03. The number of aryl methyl sites for hydroxylation is 2. The molecule has 1 heterocycles. The fraction of sp³-hybridized carbons (Fsp3) is 0.214. The molecule has 0 saturated carbocycles. The topological polar surface area (TPSA) is 83.6 Å². The Labute approximate surface area is 126 Å². The van der Waals surface area contributed by atoms with Crippen LogP contribution in [0.2, 0.25) is 5.02 Å². The van der Waals surface area contributed by atoms with Crippen molar-refractivity contribution in [2.24, 2.45) is 0 Å². The van der Waals surface area contributed by atoms with Crippen molar-refractivity contribution in [2.45, 2.75) is 13.8 Å². The van der Waals surface area contributed by atoms with Gasteiger partial charge in [0.2, 0.25) is 5.76 Å². The number of hydrogen-bond acceptors (Lipinski definition) is 4. The molecular weight excluding hydrogens is 296 g/mol. The van der Waals surface area contributed by atoms with Crippen molar-refractivity contribution in [3.05, 3.63) is 46.6 Å². The zero-order valence-corrected chi connectivity index (χ0v) is 12.2. The van der Waals surface area contributed by atoms with E-state index in [9.17, 15) is 9.59 Å². The second-order valence-electron chi connectivity index (χ2n) is 4.41. The van der Waals surface area contributed by atoms with E-state index in [0.29, 0.717) is 22.3 Å². The van der Waals surface area contributed by atoms with Crippen LogP contribution in [0, 0.1) is 13.8 Å². The van der Waals surface area contributed by atoms with E-state index >= 15 is 0 Å². The number of nitrogens with zero attached hydrogens (tertiary/aromatic N) is 2. The molecule has 0 unspecified atom stereocenters. The van der Waals surface area contributed by atoms with Crippen LogP contribution in [0.15, 0.2) is 28.7 Å². The predicted molar refractivity (Wildman–Crippen MR) is 76.7 cm³/mol. The zero-order chi connectivity index (χ0) is 15.6. The van der Waals surface area contributed by atoms with Crippen molar-refractivity contribution in [3.8, 4) is 0 Å². The summed E-state index contributed by atoms with van der Waals surface area (Å²) in [4.78, 5) is 28.6. The van der Waals surface area contributed by atoms with E-state index in [2.05, 4.69) is 4.98 Å². The lowest BCUT2D eigenvalue weighted by molar-refractivity contribution is -0.135. The Morgan fingerprint density at radius 3 is 2.38 bits per heavy atom. The molecule has 0 fully saturated rings. The molecule has 0 spiro atoms. The van der Waals surface area contributed by atoms with Crippen LogP contribution in [0.25, 0.3) is 0 Å². The SMILES string of the molecule is Cc1nc(C)c(C(=O)N(CC(=O)O)c2ccc(Cl)cc2)o1. The average Bonchev–Trinajstić information content (AvgIpc) is 2.75. The van der Waals surface area contributed by atoms with E-state index < -0.39 is 18.4 Å². The van der Waals surface area contributed by atoms with Crippen LogP contribution in [0.5, 0.6) is 0 Å². The Bertz CT molecular complexity index is 679. The van der Waals surface area contributed by atoms with Crippen LogP contribution in [0.3, 0.4) is 0 Å². The van der Waals surface area contributed by atoms with E-state index in [1.807, 2.05) is 0 Å². The number of carboxylic acid groups (broad SMARTS) is 1. The van der Waals surface area contributed by atoms with Gasteiger partial charge >= 0.3 is 5.97 Å². The first kappa shape index (κ1) is 15.1. The minimum Gasteiger partial charge on any atom is -0.480 e. The number of carbonyl (C=O) groups is 2. The Morgan fingerprint density at radius 1 is 1.29 bits per heavy atom. The standard InChI is InChI=1S/C14H13ClN2O4/c1-8-13(21-9(2)16-8)14(20)17(7-12(18)19)11-5-3-10(15)4-6-11/h3-6H,7H2,1-2H3,(H,18,19). The largest absolute Gasteiger partial charge is 0.480 e. The maximum absolute atomic E-state index is 12.5. The maximum atomic E-state index is 12.5. The number of carbonyl (C=O) groups excluding carboxylic acids is 1. The molecule has 1 aromatic heterocycles. The molecule has 110 valence electrons. The molecule has 21 heavy (non-hydrogen) atoms. The van der Waals surface area contributed by atoms with Crippen molar-refractivity contribution in [1.29, 1.82) is 0 Å². The van der Waals surface area contributed by atoms with Crippen molar-refractivity contribution in [2.75, 3.05) is 11.4 Å². The highest BCUT2D eigenvalue weighted by Gasteiger charge is 2.25. The highest BCUT2D eigenvalue weighted by atomic mass is 35.5. The molecule has 1 aromatic carbocycles. The number of amides is 1. The summed E-state index contributed by atoms with van der Waals surface area (Å²) >= 11 is 5.80. The third kappa shape index (κ3) is 3.41.